The van der Waals surface area contributed by atoms with Crippen LogP contribution < -0.4 is 19.1 Å². The zero-order valence-corrected chi connectivity index (χ0v) is 20.9. The number of methoxy groups -OCH3 is 1. The minimum Gasteiger partial charge on any atom is -0.493 e. The molecule has 1 aliphatic rings. The molecule has 0 aliphatic carbocycles. The van der Waals surface area contributed by atoms with Crippen molar-refractivity contribution in [1.29, 1.82) is 0 Å². The van der Waals surface area contributed by atoms with Crippen molar-refractivity contribution >= 4 is 23.4 Å². The number of amides is 1. The van der Waals surface area contributed by atoms with Crippen LogP contribution in [0.5, 0.6) is 17.4 Å². The van der Waals surface area contributed by atoms with Gasteiger partial charge in [-0.05, 0) is 36.1 Å². The predicted octanol–water partition coefficient (Wildman–Crippen LogP) is 5.29. The first kappa shape index (κ1) is 23.6. The number of benzene rings is 3. The van der Waals surface area contributed by atoms with E-state index in [1.807, 2.05) is 79.1 Å². The Morgan fingerprint density at radius 3 is 2.56 bits per heavy atom. The number of hydrogen-bond acceptors (Lipinski definition) is 8. The lowest BCUT2D eigenvalue weighted by Crippen LogP contribution is -2.36. The van der Waals surface area contributed by atoms with Crippen molar-refractivity contribution in [2.45, 2.75) is 24.9 Å². The predicted molar refractivity (Wildman–Crippen MR) is 137 cm³/mol. The fourth-order valence-electron chi connectivity index (χ4n) is 4.05. The fourth-order valence-corrected chi connectivity index (χ4v) is 4.35. The summed E-state index contributed by atoms with van der Waals surface area (Å²) in [6.45, 7) is 1.90. The zero-order valence-electron chi connectivity index (χ0n) is 20.0. The van der Waals surface area contributed by atoms with E-state index >= 15 is 0 Å². The summed E-state index contributed by atoms with van der Waals surface area (Å²) in [5.74, 6) is 1.22. The average molecular weight is 501 g/mol. The number of carbonyl (C=O) groups is 1. The van der Waals surface area contributed by atoms with Crippen LogP contribution in [0, 0.1) is 0 Å². The number of para-hydroxylation sites is 1. The van der Waals surface area contributed by atoms with Crippen LogP contribution in [0.15, 0.2) is 78.0 Å². The first-order valence-electron chi connectivity index (χ1n) is 11.3. The van der Waals surface area contributed by atoms with E-state index in [2.05, 4.69) is 15.2 Å². The summed E-state index contributed by atoms with van der Waals surface area (Å²) in [6, 6.07) is 22.9. The quantitative estimate of drug-likeness (QED) is 0.330. The topological polar surface area (TPSA) is 86.7 Å². The minimum absolute atomic E-state index is 0.193. The molecular formula is C27H24N4O4S. The number of nitrogens with zero attached hydrogens (tertiary/aromatic N) is 4. The van der Waals surface area contributed by atoms with Gasteiger partial charge in [-0.2, -0.15) is 4.98 Å². The fraction of sp³-hybridized carbons (Fsp3) is 0.185. The number of anilines is 1. The molecule has 0 N–H and O–H groups in total. The lowest BCUT2D eigenvalue weighted by atomic mass is 10.1. The van der Waals surface area contributed by atoms with Gasteiger partial charge in [0.1, 0.15) is 6.61 Å². The second kappa shape index (κ2) is 10.2. The van der Waals surface area contributed by atoms with E-state index in [0.29, 0.717) is 51.7 Å². The van der Waals surface area contributed by atoms with Crippen LogP contribution in [0.25, 0.3) is 11.3 Å². The van der Waals surface area contributed by atoms with E-state index in [1.165, 1.54) is 18.7 Å². The number of fused-ring (bicyclic) bond motifs is 3. The van der Waals surface area contributed by atoms with Crippen LogP contribution in [-0.2, 0) is 11.4 Å². The minimum atomic E-state index is -0.812. The normalized spacial score (nSPS) is 14.2. The van der Waals surface area contributed by atoms with E-state index in [1.54, 1.807) is 12.0 Å². The summed E-state index contributed by atoms with van der Waals surface area (Å²) >= 11 is 1.36. The molecule has 0 saturated heterocycles. The Morgan fingerprint density at radius 1 is 1.03 bits per heavy atom. The molecule has 2 heterocycles. The Hall–Kier alpha value is -4.11. The number of rotatable bonds is 6. The second-order valence-electron chi connectivity index (χ2n) is 8.01. The SMILES string of the molecule is COc1cc([C@@H]2Oc3nc(SC)nnc3-c3ccccc3N2C(C)=O)ccc1OCc1ccccc1. The molecular weight excluding hydrogens is 476 g/mol. The van der Waals surface area contributed by atoms with Gasteiger partial charge >= 0.3 is 0 Å². The lowest BCUT2D eigenvalue weighted by Gasteiger charge is -2.30. The van der Waals surface area contributed by atoms with E-state index in [0.717, 1.165) is 5.56 Å². The van der Waals surface area contributed by atoms with Crippen LogP contribution in [0.2, 0.25) is 0 Å². The van der Waals surface area contributed by atoms with E-state index in [4.69, 9.17) is 14.2 Å². The number of carbonyl (C=O) groups excluding carboxylic acids is 1. The molecule has 0 radical (unpaired) electrons. The highest BCUT2D eigenvalue weighted by Gasteiger charge is 2.35. The lowest BCUT2D eigenvalue weighted by molar-refractivity contribution is -0.118. The second-order valence-corrected chi connectivity index (χ2v) is 8.79. The summed E-state index contributed by atoms with van der Waals surface area (Å²) in [5.41, 5.74) is 3.59. The molecule has 1 aliphatic heterocycles. The Kier molecular flexibility index (Phi) is 6.73. The van der Waals surface area contributed by atoms with E-state index in [9.17, 15) is 4.79 Å². The first-order valence-corrected chi connectivity index (χ1v) is 12.5. The van der Waals surface area contributed by atoms with Gasteiger partial charge in [-0.1, -0.05) is 60.3 Å². The Balaban J connectivity index is 1.57. The van der Waals surface area contributed by atoms with Crippen molar-refractivity contribution in [3.05, 3.63) is 83.9 Å². The summed E-state index contributed by atoms with van der Waals surface area (Å²) in [5, 5.41) is 9.03. The van der Waals surface area contributed by atoms with Crippen LogP contribution in [0.1, 0.15) is 24.3 Å². The van der Waals surface area contributed by atoms with Crippen molar-refractivity contribution in [3.63, 3.8) is 0 Å². The number of hydrogen-bond donors (Lipinski definition) is 0. The Bertz CT molecular complexity index is 1400. The third-order valence-electron chi connectivity index (χ3n) is 5.74. The van der Waals surface area contributed by atoms with Crippen LogP contribution in [0.3, 0.4) is 0 Å². The molecule has 0 unspecified atom stereocenters. The van der Waals surface area contributed by atoms with Crippen LogP contribution in [0.4, 0.5) is 5.69 Å². The van der Waals surface area contributed by atoms with Crippen molar-refractivity contribution in [2.75, 3.05) is 18.3 Å². The van der Waals surface area contributed by atoms with Gasteiger partial charge in [0.2, 0.25) is 23.2 Å². The third kappa shape index (κ3) is 4.57. The summed E-state index contributed by atoms with van der Waals surface area (Å²) in [4.78, 5) is 19.1. The summed E-state index contributed by atoms with van der Waals surface area (Å²) in [7, 11) is 1.58. The molecule has 0 spiro atoms. The van der Waals surface area contributed by atoms with Gasteiger partial charge in [-0.3, -0.25) is 9.69 Å². The average Bonchev–Trinajstić information content (AvgIpc) is 3.06. The Labute approximate surface area is 213 Å². The van der Waals surface area contributed by atoms with Crippen molar-refractivity contribution < 1.29 is 19.0 Å². The molecule has 8 nitrogen and oxygen atoms in total. The monoisotopic (exact) mass is 500 g/mol. The van der Waals surface area contributed by atoms with Crippen molar-refractivity contribution in [2.24, 2.45) is 0 Å². The molecule has 3 aromatic carbocycles. The van der Waals surface area contributed by atoms with Gasteiger partial charge in [0.25, 0.3) is 0 Å². The molecule has 0 bridgehead atoms. The maximum atomic E-state index is 13.0. The molecule has 182 valence electrons. The smallest absolute Gasteiger partial charge is 0.247 e. The highest BCUT2D eigenvalue weighted by atomic mass is 32.2. The Morgan fingerprint density at radius 2 is 1.81 bits per heavy atom. The molecule has 1 aromatic heterocycles. The number of ether oxygens (including phenoxy) is 3. The van der Waals surface area contributed by atoms with E-state index in [-0.39, 0.29) is 5.91 Å². The summed E-state index contributed by atoms with van der Waals surface area (Å²) < 4.78 is 18.1. The van der Waals surface area contributed by atoms with Crippen LogP contribution >= 0.6 is 11.8 Å². The van der Waals surface area contributed by atoms with Gasteiger partial charge in [0.15, 0.2) is 17.2 Å². The van der Waals surface area contributed by atoms with Gasteiger partial charge in [0, 0.05) is 18.1 Å². The highest BCUT2D eigenvalue weighted by molar-refractivity contribution is 7.98. The largest absolute Gasteiger partial charge is 0.493 e. The molecule has 4 aromatic rings. The third-order valence-corrected chi connectivity index (χ3v) is 6.28. The number of thioether (sulfide) groups is 1. The van der Waals surface area contributed by atoms with Gasteiger partial charge in [-0.25, -0.2) is 0 Å². The maximum Gasteiger partial charge on any atom is 0.247 e. The van der Waals surface area contributed by atoms with E-state index < -0.39 is 6.23 Å². The molecule has 0 fully saturated rings. The number of aromatic nitrogens is 3. The van der Waals surface area contributed by atoms with Gasteiger partial charge in [0.05, 0.1) is 12.8 Å². The first-order chi connectivity index (χ1) is 17.6. The molecule has 9 heteroatoms. The maximum absolute atomic E-state index is 13.0. The molecule has 1 amide bonds. The molecule has 5 rings (SSSR count). The zero-order chi connectivity index (χ0) is 25.1. The summed E-state index contributed by atoms with van der Waals surface area (Å²) in [6.07, 6.45) is 1.06. The molecule has 1 atom stereocenters. The van der Waals surface area contributed by atoms with Crippen molar-refractivity contribution in [3.8, 4) is 28.6 Å². The van der Waals surface area contributed by atoms with Crippen molar-refractivity contribution in [1.82, 2.24) is 15.2 Å². The van der Waals surface area contributed by atoms with Crippen LogP contribution in [-0.4, -0.2) is 34.5 Å². The standard InChI is InChI=1S/C27H24N4O4S/c1-17(32)31-21-12-8-7-11-20(21)24-25(28-27(36-3)30-29-24)35-26(31)19-13-14-22(23(15-19)33-2)34-16-18-9-5-4-6-10-18/h4-15,26H,16H2,1-3H3/t26-/m0/s1. The highest BCUT2D eigenvalue weighted by Crippen LogP contribution is 2.44. The molecule has 0 saturated carbocycles. The van der Waals surface area contributed by atoms with Gasteiger partial charge < -0.3 is 14.2 Å². The molecule has 36 heavy (non-hydrogen) atoms. The van der Waals surface area contributed by atoms with Gasteiger partial charge in [-0.15, -0.1) is 10.2 Å².